The topological polar surface area (TPSA) is 94.3 Å². The van der Waals surface area contributed by atoms with E-state index in [1.165, 1.54) is 18.2 Å². The average molecular weight is 337 g/mol. The maximum Gasteiger partial charge on any atom is 0.186 e. The van der Waals surface area contributed by atoms with Crippen LogP contribution in [0.1, 0.15) is 16.4 Å². The van der Waals surface area contributed by atoms with E-state index in [1.54, 1.807) is 30.3 Å². The zero-order valence-corrected chi connectivity index (χ0v) is 13.3. The third kappa shape index (κ3) is 2.35. The lowest BCUT2D eigenvalue weighted by Crippen LogP contribution is -2.16. The molecule has 2 aromatic rings. The third-order valence-electron chi connectivity index (χ3n) is 3.81. The lowest BCUT2D eigenvalue weighted by Gasteiger charge is -2.12. The van der Waals surface area contributed by atoms with Gasteiger partial charge >= 0.3 is 0 Å². The summed E-state index contributed by atoms with van der Waals surface area (Å²) in [6.07, 6.45) is 0. The number of hydrogen-bond donors (Lipinski definition) is 1. The molecule has 0 aromatic heterocycles. The van der Waals surface area contributed by atoms with Crippen LogP contribution in [0.3, 0.4) is 0 Å². The van der Waals surface area contributed by atoms with Gasteiger partial charge in [0.05, 0.1) is 15.5 Å². The normalized spacial score (nSPS) is 19.8. The molecule has 1 atom stereocenters. The average Bonchev–Trinajstić information content (AvgIpc) is 2.80. The van der Waals surface area contributed by atoms with Gasteiger partial charge in [-0.1, -0.05) is 30.3 Å². The predicted molar refractivity (Wildman–Crippen MR) is 82.8 cm³/mol. The van der Waals surface area contributed by atoms with Crippen LogP contribution in [0, 0.1) is 0 Å². The van der Waals surface area contributed by atoms with Gasteiger partial charge in [-0.15, -0.1) is 0 Å². The molecule has 1 aliphatic heterocycles. The second kappa shape index (κ2) is 5.19. The van der Waals surface area contributed by atoms with E-state index < -0.39 is 30.7 Å². The first kappa shape index (κ1) is 15.2. The van der Waals surface area contributed by atoms with Crippen molar-refractivity contribution in [1.29, 1.82) is 0 Å². The maximum atomic E-state index is 12.8. The van der Waals surface area contributed by atoms with E-state index in [0.29, 0.717) is 11.1 Å². The van der Waals surface area contributed by atoms with Gasteiger partial charge in [0, 0.05) is 6.54 Å². The number of hydrogen-bond acceptors (Lipinski definition) is 5. The molecule has 3 rings (SSSR count). The molecule has 0 spiro atoms. The Morgan fingerprint density at radius 3 is 2.41 bits per heavy atom. The van der Waals surface area contributed by atoms with E-state index >= 15 is 0 Å². The van der Waals surface area contributed by atoms with Crippen molar-refractivity contribution in [3.63, 3.8) is 0 Å². The molecule has 22 heavy (non-hydrogen) atoms. The van der Waals surface area contributed by atoms with Crippen LogP contribution < -0.4 is 5.73 Å². The summed E-state index contributed by atoms with van der Waals surface area (Å²) in [6.45, 7) is 0.228. The summed E-state index contributed by atoms with van der Waals surface area (Å²) in [5.74, 6) is -0.423. The summed E-state index contributed by atoms with van der Waals surface area (Å²) in [6, 6.07) is 12.6. The number of rotatable bonds is 3. The zero-order chi connectivity index (χ0) is 16.0. The van der Waals surface area contributed by atoms with Crippen molar-refractivity contribution < 1.29 is 16.8 Å². The summed E-state index contributed by atoms with van der Waals surface area (Å²) in [5, 5.41) is -1.08. The molecule has 0 saturated carbocycles. The van der Waals surface area contributed by atoms with Gasteiger partial charge in [-0.25, -0.2) is 16.8 Å². The van der Waals surface area contributed by atoms with Gasteiger partial charge in [0.2, 0.25) is 0 Å². The largest absolute Gasteiger partial charge is 0.326 e. The SMILES string of the molecule is NCc1ccc2c(c1)C(S(=O)(=O)c1ccccc1)CS2(=O)=O. The van der Waals surface area contributed by atoms with E-state index in [1.807, 2.05) is 0 Å². The van der Waals surface area contributed by atoms with Crippen molar-refractivity contribution in [2.75, 3.05) is 5.75 Å². The molecule has 0 aliphatic carbocycles. The Labute approximate surface area is 129 Å². The van der Waals surface area contributed by atoms with Crippen molar-refractivity contribution in [2.24, 2.45) is 5.73 Å². The first-order valence-electron chi connectivity index (χ1n) is 6.71. The molecule has 1 aliphatic rings. The van der Waals surface area contributed by atoms with Crippen molar-refractivity contribution in [1.82, 2.24) is 0 Å². The Hall–Kier alpha value is -1.70. The van der Waals surface area contributed by atoms with Crippen LogP contribution in [0.5, 0.6) is 0 Å². The summed E-state index contributed by atoms with van der Waals surface area (Å²) in [7, 11) is -7.36. The standard InChI is InChI=1S/C15H15NO4S2/c16-9-11-6-7-14-13(8-11)15(10-21(14,17)18)22(19,20)12-4-2-1-3-5-12/h1-8,15H,9-10,16H2. The molecule has 1 heterocycles. The fraction of sp³-hybridized carbons (Fsp3) is 0.200. The molecule has 1 unspecified atom stereocenters. The highest BCUT2D eigenvalue weighted by Gasteiger charge is 2.42. The van der Waals surface area contributed by atoms with E-state index in [-0.39, 0.29) is 16.3 Å². The molecule has 5 nitrogen and oxygen atoms in total. The number of nitrogens with two attached hydrogens (primary N) is 1. The summed E-state index contributed by atoms with van der Waals surface area (Å²) >= 11 is 0. The molecule has 2 N–H and O–H groups in total. The zero-order valence-electron chi connectivity index (χ0n) is 11.6. The summed E-state index contributed by atoms with van der Waals surface area (Å²) in [4.78, 5) is 0.218. The van der Waals surface area contributed by atoms with Crippen LogP contribution >= 0.6 is 0 Å². The van der Waals surface area contributed by atoms with Crippen LogP contribution in [-0.2, 0) is 26.2 Å². The Morgan fingerprint density at radius 1 is 1.09 bits per heavy atom. The van der Waals surface area contributed by atoms with Crippen molar-refractivity contribution >= 4 is 19.7 Å². The van der Waals surface area contributed by atoms with E-state index in [2.05, 4.69) is 0 Å². The lowest BCUT2D eigenvalue weighted by atomic mass is 10.1. The first-order valence-corrected chi connectivity index (χ1v) is 9.91. The molecule has 0 bridgehead atoms. The van der Waals surface area contributed by atoms with E-state index in [0.717, 1.165) is 0 Å². The van der Waals surface area contributed by atoms with Gasteiger partial charge < -0.3 is 5.73 Å². The molecule has 0 fully saturated rings. The number of fused-ring (bicyclic) bond motifs is 1. The summed E-state index contributed by atoms with van der Waals surface area (Å²) in [5.41, 5.74) is 6.62. The highest BCUT2D eigenvalue weighted by Crippen LogP contribution is 2.41. The minimum absolute atomic E-state index is 0.0919. The minimum Gasteiger partial charge on any atom is -0.326 e. The van der Waals surface area contributed by atoms with Gasteiger partial charge in [-0.2, -0.15) is 0 Å². The number of sulfone groups is 2. The van der Waals surface area contributed by atoms with Gasteiger partial charge in [0.25, 0.3) is 0 Å². The van der Waals surface area contributed by atoms with Gasteiger partial charge in [-0.3, -0.25) is 0 Å². The summed E-state index contributed by atoms with van der Waals surface area (Å²) < 4.78 is 50.1. The fourth-order valence-corrected chi connectivity index (χ4v) is 6.99. The quantitative estimate of drug-likeness (QED) is 0.915. The highest BCUT2D eigenvalue weighted by atomic mass is 32.2. The Balaban J connectivity index is 2.20. The number of benzene rings is 2. The highest BCUT2D eigenvalue weighted by molar-refractivity contribution is 7.96. The van der Waals surface area contributed by atoms with Crippen molar-refractivity contribution in [3.8, 4) is 0 Å². The van der Waals surface area contributed by atoms with Gasteiger partial charge in [0.1, 0.15) is 5.25 Å². The molecule has 0 radical (unpaired) electrons. The molecule has 0 amide bonds. The minimum atomic E-state index is -3.77. The maximum absolute atomic E-state index is 12.8. The monoisotopic (exact) mass is 337 g/mol. The smallest absolute Gasteiger partial charge is 0.186 e. The van der Waals surface area contributed by atoms with Crippen LogP contribution in [0.25, 0.3) is 0 Å². The molecule has 0 saturated heterocycles. The molecule has 116 valence electrons. The fourth-order valence-electron chi connectivity index (χ4n) is 2.67. The van der Waals surface area contributed by atoms with E-state index in [4.69, 9.17) is 5.73 Å². The Bertz CT molecular complexity index is 919. The first-order chi connectivity index (χ1) is 10.4. The van der Waals surface area contributed by atoms with Crippen LogP contribution in [-0.4, -0.2) is 22.6 Å². The van der Waals surface area contributed by atoms with Crippen molar-refractivity contribution in [2.45, 2.75) is 21.6 Å². The van der Waals surface area contributed by atoms with E-state index in [9.17, 15) is 16.8 Å². The predicted octanol–water partition coefficient (Wildman–Crippen LogP) is 1.45. The molecule has 7 heteroatoms. The molecular weight excluding hydrogens is 322 g/mol. The Kier molecular flexibility index (Phi) is 3.58. The molecule has 2 aromatic carbocycles. The van der Waals surface area contributed by atoms with Gasteiger partial charge in [0.15, 0.2) is 19.7 Å². The third-order valence-corrected chi connectivity index (χ3v) is 7.93. The lowest BCUT2D eigenvalue weighted by molar-refractivity contribution is 0.582. The van der Waals surface area contributed by atoms with Crippen LogP contribution in [0.15, 0.2) is 58.3 Å². The Morgan fingerprint density at radius 2 is 1.77 bits per heavy atom. The molecular formula is C15H15NO4S2. The second-order valence-corrected chi connectivity index (χ2v) is 9.34. The second-order valence-electron chi connectivity index (χ2n) is 5.20. The van der Waals surface area contributed by atoms with Gasteiger partial charge in [-0.05, 0) is 29.3 Å². The van der Waals surface area contributed by atoms with Crippen LogP contribution in [0.4, 0.5) is 0 Å². The van der Waals surface area contributed by atoms with Crippen molar-refractivity contribution in [3.05, 3.63) is 59.7 Å². The van der Waals surface area contributed by atoms with Crippen LogP contribution in [0.2, 0.25) is 0 Å².